The fraction of sp³-hybridized carbons (Fsp3) is 0.520. The van der Waals surface area contributed by atoms with E-state index < -0.39 is 29.8 Å². The largest absolute Gasteiger partial charge is 0.493 e. The second-order valence-electron chi connectivity index (χ2n) is 9.52. The standard InChI is InChI=1S/C25H34ClN7O5/c1-15(2)11-20-25(37)28-13-18-14-33(32-31-18)9-4-10-38-21-12-17(26)5-6-19(21)24(36)27-8-7-22(34)29-16(3)23(35)30-20/h5-6,12,14-16,20H,4,7-11,13H2,1-3H3,(H,27,36)(H,28,37)(H,29,34)(H,30,35)/t16-,20-/m1/s1. The van der Waals surface area contributed by atoms with Gasteiger partial charge in [-0.1, -0.05) is 30.7 Å². The zero-order chi connectivity index (χ0) is 27.7. The molecule has 1 aliphatic rings. The van der Waals surface area contributed by atoms with Gasteiger partial charge in [-0.05, 0) is 37.5 Å². The summed E-state index contributed by atoms with van der Waals surface area (Å²) in [4.78, 5) is 50.7. The maximum atomic E-state index is 12.9. The van der Waals surface area contributed by atoms with Gasteiger partial charge in [0.1, 0.15) is 23.5 Å². The van der Waals surface area contributed by atoms with Crippen LogP contribution in [0.5, 0.6) is 5.75 Å². The van der Waals surface area contributed by atoms with Gasteiger partial charge in [-0.2, -0.15) is 0 Å². The lowest BCUT2D eigenvalue weighted by molar-refractivity contribution is -0.132. The van der Waals surface area contributed by atoms with Gasteiger partial charge in [0.15, 0.2) is 0 Å². The van der Waals surface area contributed by atoms with Crippen molar-refractivity contribution in [2.45, 2.75) is 65.2 Å². The Bertz CT molecular complexity index is 1150. The molecule has 4 N–H and O–H groups in total. The number of ether oxygens (including phenoxy) is 1. The van der Waals surface area contributed by atoms with Gasteiger partial charge in [-0.15, -0.1) is 5.10 Å². The molecule has 13 heteroatoms. The second kappa shape index (κ2) is 13.8. The van der Waals surface area contributed by atoms with Crippen LogP contribution in [0.15, 0.2) is 24.4 Å². The van der Waals surface area contributed by atoms with Gasteiger partial charge in [0, 0.05) is 31.0 Å². The van der Waals surface area contributed by atoms with E-state index in [2.05, 4.69) is 31.6 Å². The monoisotopic (exact) mass is 547 g/mol. The maximum absolute atomic E-state index is 12.9. The van der Waals surface area contributed by atoms with E-state index in [0.29, 0.717) is 48.0 Å². The van der Waals surface area contributed by atoms with Crippen LogP contribution >= 0.6 is 11.6 Å². The molecule has 0 saturated heterocycles. The topological polar surface area (TPSA) is 156 Å². The van der Waals surface area contributed by atoms with E-state index in [1.165, 1.54) is 6.92 Å². The Labute approximate surface area is 226 Å². The number of carbonyl (C=O) groups is 4. The lowest BCUT2D eigenvalue weighted by atomic mass is 10.0. The molecule has 0 aliphatic carbocycles. The molecular formula is C25H34ClN7O5. The van der Waals surface area contributed by atoms with E-state index in [1.807, 2.05) is 13.8 Å². The molecule has 4 amide bonds. The van der Waals surface area contributed by atoms with Crippen LogP contribution in [-0.4, -0.2) is 63.9 Å². The van der Waals surface area contributed by atoms with Crippen LogP contribution in [-0.2, 0) is 27.5 Å². The van der Waals surface area contributed by atoms with Crippen molar-refractivity contribution in [2.75, 3.05) is 13.2 Å². The van der Waals surface area contributed by atoms with Crippen LogP contribution in [0.4, 0.5) is 0 Å². The number of amides is 4. The molecule has 0 radical (unpaired) electrons. The average Bonchev–Trinajstić information content (AvgIpc) is 3.31. The number of fused-ring (bicyclic) bond motifs is 3. The Morgan fingerprint density at radius 3 is 2.68 bits per heavy atom. The molecule has 2 heterocycles. The highest BCUT2D eigenvalue weighted by Gasteiger charge is 2.25. The van der Waals surface area contributed by atoms with Crippen molar-refractivity contribution in [3.05, 3.63) is 40.7 Å². The summed E-state index contributed by atoms with van der Waals surface area (Å²) in [6.07, 6.45) is 2.67. The Kier molecular flexibility index (Phi) is 10.5. The predicted octanol–water partition coefficient (Wildman–Crippen LogP) is 1.19. The molecule has 2 bridgehead atoms. The zero-order valence-electron chi connectivity index (χ0n) is 21.8. The summed E-state index contributed by atoms with van der Waals surface area (Å²) in [6.45, 7) is 6.42. The van der Waals surface area contributed by atoms with Crippen LogP contribution in [0, 0.1) is 5.92 Å². The minimum atomic E-state index is -0.880. The third kappa shape index (κ3) is 8.72. The number of hydrogen-bond donors (Lipinski definition) is 4. The number of halogens is 1. The predicted molar refractivity (Wildman–Crippen MR) is 139 cm³/mol. The Balaban J connectivity index is 1.75. The number of benzene rings is 1. The van der Waals surface area contributed by atoms with Gasteiger partial charge in [-0.25, -0.2) is 0 Å². The minimum Gasteiger partial charge on any atom is -0.493 e. The van der Waals surface area contributed by atoms with Crippen LogP contribution in [0.3, 0.4) is 0 Å². The van der Waals surface area contributed by atoms with E-state index in [0.717, 1.165) is 0 Å². The molecule has 0 spiro atoms. The summed E-state index contributed by atoms with van der Waals surface area (Å²) in [5, 5.41) is 19.4. The third-order valence-corrected chi connectivity index (χ3v) is 5.99. The molecule has 0 fully saturated rings. The second-order valence-corrected chi connectivity index (χ2v) is 9.96. The zero-order valence-corrected chi connectivity index (χ0v) is 22.5. The summed E-state index contributed by atoms with van der Waals surface area (Å²) in [5.41, 5.74) is 0.852. The first-order valence-corrected chi connectivity index (χ1v) is 13.0. The van der Waals surface area contributed by atoms with Crippen molar-refractivity contribution >= 4 is 35.2 Å². The van der Waals surface area contributed by atoms with Crippen molar-refractivity contribution in [1.29, 1.82) is 0 Å². The SMILES string of the molecule is CC(C)C[C@H]1NC(=O)[C@@H](C)NC(=O)CCNC(=O)c2ccc(Cl)cc2OCCCn2cc(nn2)CNC1=O. The van der Waals surface area contributed by atoms with E-state index in [1.54, 1.807) is 29.1 Å². The van der Waals surface area contributed by atoms with Crippen LogP contribution in [0.2, 0.25) is 5.02 Å². The lowest BCUT2D eigenvalue weighted by Crippen LogP contribution is -2.53. The average molecular weight is 548 g/mol. The first kappa shape index (κ1) is 28.9. The number of aryl methyl sites for hydroxylation is 1. The van der Waals surface area contributed by atoms with Crippen molar-refractivity contribution in [2.24, 2.45) is 5.92 Å². The van der Waals surface area contributed by atoms with E-state index in [4.69, 9.17) is 16.3 Å². The van der Waals surface area contributed by atoms with Gasteiger partial charge in [0.2, 0.25) is 17.7 Å². The quantitative estimate of drug-likeness (QED) is 0.440. The maximum Gasteiger partial charge on any atom is 0.255 e. The fourth-order valence-corrected chi connectivity index (χ4v) is 3.97. The molecule has 1 aromatic carbocycles. The van der Waals surface area contributed by atoms with Crippen molar-refractivity contribution in [1.82, 2.24) is 36.3 Å². The van der Waals surface area contributed by atoms with Gasteiger partial charge in [-0.3, -0.25) is 23.9 Å². The molecular weight excluding hydrogens is 514 g/mol. The number of carbonyl (C=O) groups excluding carboxylic acids is 4. The van der Waals surface area contributed by atoms with E-state index in [9.17, 15) is 19.2 Å². The Morgan fingerprint density at radius 1 is 1.13 bits per heavy atom. The van der Waals surface area contributed by atoms with E-state index in [-0.39, 0.29) is 31.3 Å². The van der Waals surface area contributed by atoms with Crippen molar-refractivity contribution in [3.63, 3.8) is 0 Å². The molecule has 206 valence electrons. The molecule has 2 aromatic rings. The number of aromatic nitrogens is 3. The molecule has 38 heavy (non-hydrogen) atoms. The Hall–Kier alpha value is -3.67. The molecule has 2 atom stereocenters. The summed E-state index contributed by atoms with van der Waals surface area (Å²) >= 11 is 6.09. The van der Waals surface area contributed by atoms with E-state index >= 15 is 0 Å². The van der Waals surface area contributed by atoms with Crippen LogP contribution < -0.4 is 26.0 Å². The number of nitrogens with one attached hydrogen (secondary N) is 4. The number of rotatable bonds is 2. The summed E-state index contributed by atoms with van der Waals surface area (Å²) in [6, 6.07) is 3.05. The summed E-state index contributed by atoms with van der Waals surface area (Å²) in [7, 11) is 0. The van der Waals surface area contributed by atoms with Gasteiger partial charge in [0.05, 0.1) is 24.9 Å². The summed E-state index contributed by atoms with van der Waals surface area (Å²) < 4.78 is 7.46. The van der Waals surface area contributed by atoms with Gasteiger partial charge < -0.3 is 26.0 Å². The fourth-order valence-electron chi connectivity index (χ4n) is 3.81. The molecule has 0 saturated carbocycles. The molecule has 0 unspecified atom stereocenters. The smallest absolute Gasteiger partial charge is 0.255 e. The number of hydrogen-bond acceptors (Lipinski definition) is 7. The van der Waals surface area contributed by atoms with Crippen LogP contribution in [0.25, 0.3) is 0 Å². The first-order chi connectivity index (χ1) is 18.1. The number of nitrogens with zero attached hydrogens (tertiary/aromatic N) is 3. The lowest BCUT2D eigenvalue weighted by Gasteiger charge is -2.22. The van der Waals surface area contributed by atoms with Gasteiger partial charge in [0.25, 0.3) is 5.91 Å². The van der Waals surface area contributed by atoms with Crippen molar-refractivity contribution in [3.8, 4) is 5.75 Å². The molecule has 12 nitrogen and oxygen atoms in total. The first-order valence-electron chi connectivity index (χ1n) is 12.6. The molecule has 1 aliphatic heterocycles. The highest BCUT2D eigenvalue weighted by molar-refractivity contribution is 6.30. The van der Waals surface area contributed by atoms with Crippen LogP contribution in [0.1, 0.15) is 56.1 Å². The third-order valence-electron chi connectivity index (χ3n) is 5.76. The highest BCUT2D eigenvalue weighted by atomic mass is 35.5. The normalized spacial score (nSPS) is 20.6. The highest BCUT2D eigenvalue weighted by Crippen LogP contribution is 2.23. The minimum absolute atomic E-state index is 0.0407. The van der Waals surface area contributed by atoms with Gasteiger partial charge >= 0.3 is 0 Å². The van der Waals surface area contributed by atoms with Crippen molar-refractivity contribution < 1.29 is 23.9 Å². The molecule has 1 aromatic heterocycles. The Morgan fingerprint density at radius 2 is 1.92 bits per heavy atom. The molecule has 3 rings (SSSR count). The summed E-state index contributed by atoms with van der Waals surface area (Å²) in [5.74, 6) is -1.21.